The fourth-order valence-corrected chi connectivity index (χ4v) is 1.97. The van der Waals surface area contributed by atoms with Crippen LogP contribution >= 0.6 is 0 Å². The first kappa shape index (κ1) is 13.8. The maximum atomic E-state index is 13.4. The molecule has 0 aliphatic carbocycles. The van der Waals surface area contributed by atoms with E-state index in [9.17, 15) is 4.39 Å². The van der Waals surface area contributed by atoms with Crippen LogP contribution in [-0.4, -0.2) is 11.5 Å². The Morgan fingerprint density at radius 2 is 2.20 bits per heavy atom. The van der Waals surface area contributed by atoms with Gasteiger partial charge in [0.1, 0.15) is 5.82 Å². The van der Waals surface area contributed by atoms with Gasteiger partial charge in [-0.15, -0.1) is 0 Å². The number of hydrogen-bond acceptors (Lipinski definition) is 4. The maximum absolute atomic E-state index is 13.4. The molecule has 2 rings (SSSR count). The van der Waals surface area contributed by atoms with Crippen molar-refractivity contribution in [3.63, 3.8) is 0 Å². The van der Waals surface area contributed by atoms with Crippen LogP contribution < -0.4 is 10.6 Å². The average molecular weight is 270 g/mol. The second-order valence-corrected chi connectivity index (χ2v) is 4.39. The lowest BCUT2D eigenvalue weighted by molar-refractivity contribution is 0.626. The minimum atomic E-state index is -0.345. The summed E-state index contributed by atoms with van der Waals surface area (Å²) in [6, 6.07) is 10.1. The Kier molecular flexibility index (Phi) is 4.51. The van der Waals surface area contributed by atoms with E-state index >= 15 is 0 Å². The highest BCUT2D eigenvalue weighted by Gasteiger charge is 2.11. The van der Waals surface area contributed by atoms with Crippen LogP contribution in [0.15, 0.2) is 42.7 Å². The molecular weight excluding hydrogens is 255 g/mol. The van der Waals surface area contributed by atoms with Crippen molar-refractivity contribution in [1.82, 2.24) is 4.98 Å². The van der Waals surface area contributed by atoms with Crippen molar-refractivity contribution in [2.45, 2.75) is 13.0 Å². The number of benzene rings is 1. The number of nitrogen functional groups attached to an aromatic ring is 1. The summed E-state index contributed by atoms with van der Waals surface area (Å²) in [6.45, 7) is 1.02. The number of nitrogens with two attached hydrogens (primary N) is 1. The minimum Gasteiger partial charge on any atom is -0.397 e. The summed E-state index contributed by atoms with van der Waals surface area (Å²) in [5.74, 6) is -0.345. The molecule has 0 fully saturated rings. The summed E-state index contributed by atoms with van der Waals surface area (Å²) < 4.78 is 13.4. The monoisotopic (exact) mass is 270 g/mol. The van der Waals surface area contributed by atoms with Crippen molar-refractivity contribution in [2.75, 3.05) is 17.2 Å². The number of hydrogen-bond donors (Lipinski definition) is 1. The van der Waals surface area contributed by atoms with Gasteiger partial charge in [0.05, 0.1) is 23.9 Å². The molecule has 0 radical (unpaired) electrons. The highest BCUT2D eigenvalue weighted by molar-refractivity contribution is 5.67. The third-order valence-electron chi connectivity index (χ3n) is 2.92. The summed E-state index contributed by atoms with van der Waals surface area (Å²) in [7, 11) is 0. The highest BCUT2D eigenvalue weighted by Crippen LogP contribution is 2.25. The minimum absolute atomic E-state index is 0.343. The van der Waals surface area contributed by atoms with E-state index in [1.54, 1.807) is 12.4 Å². The standard InChI is InChI=1S/C15H15FN4/c16-13-4-5-14(18)15(9-13)20(8-2-6-17)11-12-3-1-7-19-10-12/h1,3-5,7,9-10H,2,8,11,18H2. The molecule has 0 atom stereocenters. The summed E-state index contributed by atoms with van der Waals surface area (Å²) >= 11 is 0. The van der Waals surface area contributed by atoms with Crippen LogP contribution in [0.2, 0.25) is 0 Å². The maximum Gasteiger partial charge on any atom is 0.125 e. The Bertz CT molecular complexity index is 607. The van der Waals surface area contributed by atoms with E-state index in [1.165, 1.54) is 18.2 Å². The van der Waals surface area contributed by atoms with Gasteiger partial charge >= 0.3 is 0 Å². The fraction of sp³-hybridized carbons (Fsp3) is 0.200. The van der Waals surface area contributed by atoms with E-state index < -0.39 is 0 Å². The van der Waals surface area contributed by atoms with E-state index in [-0.39, 0.29) is 5.82 Å². The normalized spacial score (nSPS) is 10.0. The first-order chi connectivity index (χ1) is 9.70. The Labute approximate surface area is 117 Å². The number of rotatable bonds is 5. The zero-order chi connectivity index (χ0) is 14.4. The zero-order valence-corrected chi connectivity index (χ0v) is 11.0. The molecule has 1 aromatic carbocycles. The molecule has 20 heavy (non-hydrogen) atoms. The van der Waals surface area contributed by atoms with Crippen molar-refractivity contribution in [1.29, 1.82) is 5.26 Å². The van der Waals surface area contributed by atoms with Crippen molar-refractivity contribution < 1.29 is 4.39 Å². The molecule has 0 unspecified atom stereocenters. The number of nitriles is 1. The first-order valence-corrected chi connectivity index (χ1v) is 6.26. The molecule has 4 nitrogen and oxygen atoms in total. The van der Waals surface area contributed by atoms with Crippen molar-refractivity contribution in [2.24, 2.45) is 0 Å². The molecule has 5 heteroatoms. The van der Waals surface area contributed by atoms with E-state index in [4.69, 9.17) is 11.0 Å². The topological polar surface area (TPSA) is 65.9 Å². The van der Waals surface area contributed by atoms with Gasteiger partial charge in [0, 0.05) is 25.5 Å². The highest BCUT2D eigenvalue weighted by atomic mass is 19.1. The van der Waals surface area contributed by atoms with Gasteiger partial charge in [-0.1, -0.05) is 6.07 Å². The number of aromatic nitrogens is 1. The largest absolute Gasteiger partial charge is 0.397 e. The van der Waals surface area contributed by atoms with E-state index in [2.05, 4.69) is 11.1 Å². The molecule has 1 heterocycles. The van der Waals surface area contributed by atoms with Crippen LogP contribution in [0.25, 0.3) is 0 Å². The fourth-order valence-electron chi connectivity index (χ4n) is 1.97. The zero-order valence-electron chi connectivity index (χ0n) is 11.0. The number of pyridine rings is 1. The SMILES string of the molecule is N#CCCN(Cc1cccnc1)c1cc(F)ccc1N. The third-order valence-corrected chi connectivity index (χ3v) is 2.92. The van der Waals surface area contributed by atoms with Crippen LogP contribution in [0.5, 0.6) is 0 Å². The lowest BCUT2D eigenvalue weighted by Crippen LogP contribution is -2.24. The molecule has 0 aliphatic rings. The Balaban J connectivity index is 2.27. The third kappa shape index (κ3) is 3.45. The molecule has 0 spiro atoms. The van der Waals surface area contributed by atoms with Crippen LogP contribution in [0.3, 0.4) is 0 Å². The molecule has 2 N–H and O–H groups in total. The van der Waals surface area contributed by atoms with E-state index in [0.29, 0.717) is 30.9 Å². The number of nitrogens with zero attached hydrogens (tertiary/aromatic N) is 3. The molecule has 0 saturated heterocycles. The van der Waals surface area contributed by atoms with E-state index in [1.807, 2.05) is 17.0 Å². The molecule has 2 aromatic rings. The average Bonchev–Trinajstić information content (AvgIpc) is 2.47. The van der Waals surface area contributed by atoms with Gasteiger partial charge in [-0.2, -0.15) is 5.26 Å². The predicted molar refractivity (Wildman–Crippen MR) is 76.3 cm³/mol. The van der Waals surface area contributed by atoms with Crippen LogP contribution in [0, 0.1) is 17.1 Å². The van der Waals surface area contributed by atoms with Crippen molar-refractivity contribution in [3.05, 3.63) is 54.1 Å². The van der Waals surface area contributed by atoms with Gasteiger partial charge < -0.3 is 10.6 Å². The summed E-state index contributed by atoms with van der Waals surface area (Å²) in [4.78, 5) is 5.94. The number of halogens is 1. The van der Waals surface area contributed by atoms with Crippen molar-refractivity contribution in [3.8, 4) is 6.07 Å². The Hall–Kier alpha value is -2.61. The van der Waals surface area contributed by atoms with Gasteiger partial charge in [-0.05, 0) is 29.8 Å². The van der Waals surface area contributed by atoms with Gasteiger partial charge in [0.2, 0.25) is 0 Å². The second-order valence-electron chi connectivity index (χ2n) is 4.39. The van der Waals surface area contributed by atoms with Crippen LogP contribution in [0.4, 0.5) is 15.8 Å². The van der Waals surface area contributed by atoms with Crippen LogP contribution in [-0.2, 0) is 6.54 Å². The Morgan fingerprint density at radius 3 is 2.90 bits per heavy atom. The number of anilines is 2. The first-order valence-electron chi connectivity index (χ1n) is 6.26. The predicted octanol–water partition coefficient (Wildman–Crippen LogP) is 2.72. The summed E-state index contributed by atoms with van der Waals surface area (Å²) in [5.41, 5.74) is 7.98. The smallest absolute Gasteiger partial charge is 0.125 e. The van der Waals surface area contributed by atoms with Crippen LogP contribution in [0.1, 0.15) is 12.0 Å². The summed E-state index contributed by atoms with van der Waals surface area (Å²) in [5, 5.41) is 8.76. The molecule has 1 aromatic heterocycles. The van der Waals surface area contributed by atoms with Gasteiger partial charge in [0.15, 0.2) is 0 Å². The van der Waals surface area contributed by atoms with Gasteiger partial charge in [-0.25, -0.2) is 4.39 Å². The molecule has 0 saturated carbocycles. The molecule has 102 valence electrons. The Morgan fingerprint density at radius 1 is 1.35 bits per heavy atom. The van der Waals surface area contributed by atoms with Crippen molar-refractivity contribution >= 4 is 11.4 Å². The molecule has 0 amide bonds. The molecule has 0 aliphatic heterocycles. The lowest BCUT2D eigenvalue weighted by Gasteiger charge is -2.25. The molecule has 0 bridgehead atoms. The van der Waals surface area contributed by atoms with E-state index in [0.717, 1.165) is 5.56 Å². The lowest BCUT2D eigenvalue weighted by atomic mass is 10.2. The quantitative estimate of drug-likeness (QED) is 0.848. The summed E-state index contributed by atoms with van der Waals surface area (Å²) in [6.07, 6.45) is 3.78. The van der Waals surface area contributed by atoms with Gasteiger partial charge in [0.25, 0.3) is 0 Å². The van der Waals surface area contributed by atoms with Gasteiger partial charge in [-0.3, -0.25) is 4.98 Å². The second kappa shape index (κ2) is 6.53. The molecular formula is C15H15FN4.